The normalized spacial score (nSPS) is 11.0. The first kappa shape index (κ1) is 20.8. The van der Waals surface area contributed by atoms with Crippen molar-refractivity contribution in [3.63, 3.8) is 0 Å². The molecule has 0 saturated carbocycles. The molecule has 2 aromatic rings. The van der Waals surface area contributed by atoms with Crippen LogP contribution < -0.4 is 14.8 Å². The zero-order chi connectivity index (χ0) is 19.5. The molecule has 0 aromatic heterocycles. The minimum Gasteiger partial charge on any atom is -0.493 e. The van der Waals surface area contributed by atoms with Gasteiger partial charge < -0.3 is 14.8 Å². The van der Waals surface area contributed by atoms with Crippen LogP contribution in [0.25, 0.3) is 6.08 Å². The van der Waals surface area contributed by atoms with E-state index in [-0.39, 0.29) is 17.4 Å². The third-order valence-corrected chi connectivity index (χ3v) is 4.58. The Morgan fingerprint density at radius 2 is 1.96 bits per heavy atom. The number of carbonyl (C=O) groups excluding carboxylic acids is 1. The number of para-hydroxylation sites is 1. The number of hydrogen-bond acceptors (Lipinski definition) is 4. The van der Waals surface area contributed by atoms with Crippen LogP contribution in [0, 0.1) is 0 Å². The number of carbonyl (C=O) groups is 1. The summed E-state index contributed by atoms with van der Waals surface area (Å²) < 4.78 is 34.7. The van der Waals surface area contributed by atoms with Crippen molar-refractivity contribution in [2.75, 3.05) is 19.4 Å². The Balaban J connectivity index is 1.82. The van der Waals surface area contributed by atoms with Gasteiger partial charge in [-0.25, -0.2) is 0 Å². The first-order valence-corrected chi connectivity index (χ1v) is 9.34. The highest BCUT2D eigenvalue weighted by Gasteiger charge is 2.13. The summed E-state index contributed by atoms with van der Waals surface area (Å²) in [4.78, 5) is 13.1. The Morgan fingerprint density at radius 3 is 2.67 bits per heavy atom. The maximum atomic E-state index is 12.6. The Bertz CT molecular complexity index is 754. The molecule has 144 valence electrons. The van der Waals surface area contributed by atoms with Gasteiger partial charge in [-0.1, -0.05) is 30.3 Å². The quantitative estimate of drug-likeness (QED) is 0.364. The summed E-state index contributed by atoms with van der Waals surface area (Å²) >= 11 is 1.72. The maximum absolute atomic E-state index is 12.6. The monoisotopic (exact) mass is 393 g/mol. The van der Waals surface area contributed by atoms with Crippen LogP contribution in [0.4, 0.5) is 8.78 Å². The van der Waals surface area contributed by atoms with Gasteiger partial charge in [-0.2, -0.15) is 8.78 Å². The summed E-state index contributed by atoms with van der Waals surface area (Å²) in [5, 5.41) is 2.77. The van der Waals surface area contributed by atoms with Gasteiger partial charge >= 0.3 is 6.61 Å². The molecular weight excluding hydrogens is 372 g/mol. The predicted octanol–water partition coefficient (Wildman–Crippen LogP) is 4.61. The van der Waals surface area contributed by atoms with E-state index in [0.29, 0.717) is 12.1 Å². The molecule has 4 nitrogen and oxygen atoms in total. The van der Waals surface area contributed by atoms with Gasteiger partial charge in [0.25, 0.3) is 0 Å². The molecule has 0 aliphatic rings. The summed E-state index contributed by atoms with van der Waals surface area (Å²) in [5.74, 6) is 0.663. The SMILES string of the molecule is COc1cccc(/C=C/C(=O)NCCCSc2ccccc2)c1OC(F)F. The van der Waals surface area contributed by atoms with Crippen molar-refractivity contribution in [2.24, 2.45) is 0 Å². The lowest BCUT2D eigenvalue weighted by Gasteiger charge is -2.12. The summed E-state index contributed by atoms with van der Waals surface area (Å²) in [6, 6.07) is 14.7. The molecule has 1 N–H and O–H groups in total. The smallest absolute Gasteiger partial charge is 0.387 e. The van der Waals surface area contributed by atoms with E-state index in [2.05, 4.69) is 10.1 Å². The zero-order valence-electron chi connectivity index (χ0n) is 14.9. The molecular formula is C20H21F2NO3S. The molecule has 7 heteroatoms. The maximum Gasteiger partial charge on any atom is 0.387 e. The van der Waals surface area contributed by atoms with Crippen molar-refractivity contribution in [2.45, 2.75) is 17.9 Å². The van der Waals surface area contributed by atoms with Crippen molar-refractivity contribution < 1.29 is 23.0 Å². The number of ether oxygens (including phenoxy) is 2. The number of benzene rings is 2. The molecule has 0 heterocycles. The fraction of sp³-hybridized carbons (Fsp3) is 0.250. The van der Waals surface area contributed by atoms with Gasteiger partial charge in [0, 0.05) is 23.1 Å². The molecule has 2 rings (SSSR count). The Hall–Kier alpha value is -2.54. The van der Waals surface area contributed by atoms with Gasteiger partial charge in [0.1, 0.15) is 0 Å². The van der Waals surface area contributed by atoms with Gasteiger partial charge in [-0.05, 0) is 36.4 Å². The molecule has 0 bridgehead atoms. The standard InChI is InChI=1S/C20H21F2NO3S/c1-25-17-10-5-7-15(19(17)26-20(21)22)11-12-18(24)23-13-6-14-27-16-8-3-2-4-9-16/h2-5,7-12,20H,6,13-14H2,1H3,(H,23,24)/b12-11+. The fourth-order valence-corrected chi connectivity index (χ4v) is 3.13. The van der Waals surface area contributed by atoms with Crippen LogP contribution in [-0.4, -0.2) is 31.9 Å². The lowest BCUT2D eigenvalue weighted by atomic mass is 10.1. The van der Waals surface area contributed by atoms with E-state index in [1.54, 1.807) is 23.9 Å². The van der Waals surface area contributed by atoms with E-state index < -0.39 is 6.61 Å². The van der Waals surface area contributed by atoms with E-state index in [9.17, 15) is 13.6 Å². The lowest BCUT2D eigenvalue weighted by Crippen LogP contribution is -2.22. The number of alkyl halides is 2. The molecule has 0 radical (unpaired) electrons. The first-order valence-electron chi connectivity index (χ1n) is 8.35. The van der Waals surface area contributed by atoms with Crippen LogP contribution in [0.15, 0.2) is 59.5 Å². The van der Waals surface area contributed by atoms with Crippen molar-refractivity contribution >= 4 is 23.7 Å². The van der Waals surface area contributed by atoms with E-state index in [4.69, 9.17) is 4.74 Å². The van der Waals surface area contributed by atoms with Gasteiger partial charge in [0.15, 0.2) is 11.5 Å². The zero-order valence-corrected chi connectivity index (χ0v) is 15.7. The second kappa shape index (κ2) is 11.2. The summed E-state index contributed by atoms with van der Waals surface area (Å²) in [6.45, 7) is -2.45. The number of nitrogens with one attached hydrogen (secondary N) is 1. The number of halogens is 2. The van der Waals surface area contributed by atoms with E-state index in [1.807, 2.05) is 30.3 Å². The minimum absolute atomic E-state index is 0.0988. The summed E-state index contributed by atoms with van der Waals surface area (Å²) in [6.07, 6.45) is 3.53. The minimum atomic E-state index is -2.98. The summed E-state index contributed by atoms with van der Waals surface area (Å²) in [5.41, 5.74) is 0.337. The number of amides is 1. The van der Waals surface area contributed by atoms with Crippen molar-refractivity contribution in [1.29, 1.82) is 0 Å². The fourth-order valence-electron chi connectivity index (χ4n) is 2.25. The van der Waals surface area contributed by atoms with Crippen LogP contribution in [-0.2, 0) is 4.79 Å². The Labute approximate surface area is 161 Å². The van der Waals surface area contributed by atoms with Gasteiger partial charge in [-0.15, -0.1) is 11.8 Å². The topological polar surface area (TPSA) is 47.6 Å². The van der Waals surface area contributed by atoms with E-state index in [0.717, 1.165) is 12.2 Å². The molecule has 27 heavy (non-hydrogen) atoms. The molecule has 0 unspecified atom stereocenters. The molecule has 0 saturated heterocycles. The van der Waals surface area contributed by atoms with E-state index in [1.165, 1.54) is 30.2 Å². The molecule has 0 atom stereocenters. The third kappa shape index (κ3) is 7.30. The predicted molar refractivity (Wildman–Crippen MR) is 103 cm³/mol. The Morgan fingerprint density at radius 1 is 1.19 bits per heavy atom. The largest absolute Gasteiger partial charge is 0.493 e. The summed E-state index contributed by atoms with van der Waals surface area (Å²) in [7, 11) is 1.36. The highest BCUT2D eigenvalue weighted by molar-refractivity contribution is 7.99. The third-order valence-electron chi connectivity index (χ3n) is 3.48. The molecule has 1 amide bonds. The number of rotatable bonds is 10. The molecule has 0 spiro atoms. The van der Waals surface area contributed by atoms with Crippen LogP contribution in [0.1, 0.15) is 12.0 Å². The second-order valence-corrected chi connectivity index (χ2v) is 6.56. The average Bonchev–Trinajstić information content (AvgIpc) is 2.67. The lowest BCUT2D eigenvalue weighted by molar-refractivity contribution is -0.116. The van der Waals surface area contributed by atoms with Crippen LogP contribution in [0.2, 0.25) is 0 Å². The van der Waals surface area contributed by atoms with Crippen molar-refractivity contribution in [3.8, 4) is 11.5 Å². The molecule has 0 aliphatic heterocycles. The number of methoxy groups -OCH3 is 1. The second-order valence-electron chi connectivity index (χ2n) is 5.40. The van der Waals surface area contributed by atoms with Gasteiger partial charge in [-0.3, -0.25) is 4.79 Å². The van der Waals surface area contributed by atoms with Gasteiger partial charge in [0.05, 0.1) is 7.11 Å². The van der Waals surface area contributed by atoms with Crippen molar-refractivity contribution in [1.82, 2.24) is 5.32 Å². The Kier molecular flexibility index (Phi) is 8.64. The molecule has 2 aromatic carbocycles. The van der Waals surface area contributed by atoms with Crippen LogP contribution >= 0.6 is 11.8 Å². The first-order chi connectivity index (χ1) is 13.1. The van der Waals surface area contributed by atoms with Crippen LogP contribution in [0.3, 0.4) is 0 Å². The number of thioether (sulfide) groups is 1. The van der Waals surface area contributed by atoms with E-state index >= 15 is 0 Å². The average molecular weight is 393 g/mol. The molecule has 0 aliphatic carbocycles. The number of hydrogen-bond donors (Lipinski definition) is 1. The highest BCUT2D eigenvalue weighted by Crippen LogP contribution is 2.33. The molecule has 0 fully saturated rings. The highest BCUT2D eigenvalue weighted by atomic mass is 32.2. The van der Waals surface area contributed by atoms with Crippen molar-refractivity contribution in [3.05, 3.63) is 60.2 Å². The van der Waals surface area contributed by atoms with Gasteiger partial charge in [0.2, 0.25) is 5.91 Å². The van der Waals surface area contributed by atoms with Crippen LogP contribution in [0.5, 0.6) is 11.5 Å².